The van der Waals surface area contributed by atoms with E-state index in [9.17, 15) is 18.3 Å². The Morgan fingerprint density at radius 1 is 1.23 bits per heavy atom. The fourth-order valence-electron chi connectivity index (χ4n) is 2.74. The first-order chi connectivity index (χ1) is 10.1. The molecule has 2 aromatic rings. The molecule has 9 heteroatoms. The number of rotatable bonds is 2. The van der Waals surface area contributed by atoms with Gasteiger partial charge in [-0.3, -0.25) is 0 Å². The quantitative estimate of drug-likeness (QED) is 0.887. The molecular formula is C13H16F3N5O. The smallest absolute Gasteiger partial charge is 0.390 e. The van der Waals surface area contributed by atoms with Crippen molar-refractivity contribution in [2.45, 2.75) is 51.4 Å². The zero-order chi connectivity index (χ0) is 16.3. The minimum atomic E-state index is -4.62. The number of nitrogens with zero attached hydrogens (tertiary/aromatic N) is 4. The fourth-order valence-corrected chi connectivity index (χ4v) is 2.74. The van der Waals surface area contributed by atoms with E-state index in [0.29, 0.717) is 24.2 Å². The molecule has 1 aliphatic rings. The van der Waals surface area contributed by atoms with Gasteiger partial charge in [-0.2, -0.15) is 17.7 Å². The molecule has 0 atom stereocenters. The number of aryl methyl sites for hydroxylation is 1. The molecule has 1 saturated carbocycles. The minimum absolute atomic E-state index is 0.0103. The molecule has 2 N–H and O–H groups in total. The van der Waals surface area contributed by atoms with E-state index in [1.54, 1.807) is 20.8 Å². The number of nitrogens with one attached hydrogen (secondary N) is 1. The summed E-state index contributed by atoms with van der Waals surface area (Å²) >= 11 is 0. The zero-order valence-corrected chi connectivity index (χ0v) is 12.4. The van der Waals surface area contributed by atoms with Crippen molar-refractivity contribution in [3.05, 3.63) is 17.0 Å². The van der Waals surface area contributed by atoms with Crippen LogP contribution < -0.4 is 5.32 Å². The molecular weight excluding hydrogens is 299 g/mol. The summed E-state index contributed by atoms with van der Waals surface area (Å²) in [7, 11) is 0. The van der Waals surface area contributed by atoms with Crippen molar-refractivity contribution < 1.29 is 18.3 Å². The van der Waals surface area contributed by atoms with Gasteiger partial charge in [0.2, 0.25) is 0 Å². The van der Waals surface area contributed by atoms with Gasteiger partial charge < -0.3 is 10.4 Å². The SMILES string of the molecule is Cc1c(NC2CC(C)(O)C2)nn2c(C(F)(F)F)nnc2c1C. The summed E-state index contributed by atoms with van der Waals surface area (Å²) in [5.41, 5.74) is 0.682. The Morgan fingerprint density at radius 3 is 2.41 bits per heavy atom. The summed E-state index contributed by atoms with van der Waals surface area (Å²) in [6.45, 7) is 5.17. The second-order valence-electron chi connectivity index (χ2n) is 6.10. The highest BCUT2D eigenvalue weighted by molar-refractivity contribution is 5.58. The number of fused-ring (bicyclic) bond motifs is 1. The van der Waals surface area contributed by atoms with E-state index in [2.05, 4.69) is 20.6 Å². The maximum Gasteiger partial charge on any atom is 0.453 e. The lowest BCUT2D eigenvalue weighted by molar-refractivity contribution is -0.146. The maximum atomic E-state index is 12.9. The van der Waals surface area contributed by atoms with Gasteiger partial charge in [-0.1, -0.05) is 0 Å². The van der Waals surface area contributed by atoms with E-state index in [1.165, 1.54) is 0 Å². The van der Waals surface area contributed by atoms with Gasteiger partial charge in [0.15, 0.2) is 11.5 Å². The van der Waals surface area contributed by atoms with Crippen LogP contribution >= 0.6 is 0 Å². The Bertz CT molecular complexity index is 729. The van der Waals surface area contributed by atoms with Gasteiger partial charge >= 0.3 is 6.18 Å². The number of halogens is 3. The number of anilines is 1. The minimum Gasteiger partial charge on any atom is -0.390 e. The van der Waals surface area contributed by atoms with Crippen LogP contribution in [0.1, 0.15) is 36.7 Å². The predicted octanol–water partition coefficient (Wildman–Crippen LogP) is 2.09. The highest BCUT2D eigenvalue weighted by Crippen LogP contribution is 2.35. The average Bonchev–Trinajstić information content (AvgIpc) is 2.76. The van der Waals surface area contributed by atoms with Gasteiger partial charge in [0.25, 0.3) is 5.82 Å². The van der Waals surface area contributed by atoms with Gasteiger partial charge in [0.05, 0.1) is 5.60 Å². The van der Waals surface area contributed by atoms with E-state index in [-0.39, 0.29) is 11.7 Å². The molecule has 6 nitrogen and oxygen atoms in total. The highest BCUT2D eigenvalue weighted by atomic mass is 19.4. The molecule has 1 fully saturated rings. The molecule has 0 spiro atoms. The molecule has 0 aliphatic heterocycles. The molecule has 0 saturated heterocycles. The van der Waals surface area contributed by atoms with Crippen molar-refractivity contribution in [3.63, 3.8) is 0 Å². The third kappa shape index (κ3) is 2.39. The first-order valence-electron chi connectivity index (χ1n) is 6.87. The van der Waals surface area contributed by atoms with Crippen LogP contribution in [0.15, 0.2) is 0 Å². The first-order valence-corrected chi connectivity index (χ1v) is 6.87. The number of aliphatic hydroxyl groups is 1. The Hall–Kier alpha value is -1.90. The van der Waals surface area contributed by atoms with Gasteiger partial charge in [-0.05, 0) is 39.2 Å². The van der Waals surface area contributed by atoms with Crippen LogP contribution in [0.5, 0.6) is 0 Å². The normalized spacial score (nSPS) is 25.3. The predicted molar refractivity (Wildman–Crippen MR) is 72.5 cm³/mol. The molecule has 0 aromatic carbocycles. The Balaban J connectivity index is 2.02. The number of alkyl halides is 3. The lowest BCUT2D eigenvalue weighted by atomic mass is 9.77. The van der Waals surface area contributed by atoms with Crippen molar-refractivity contribution >= 4 is 11.5 Å². The molecule has 120 valence electrons. The highest BCUT2D eigenvalue weighted by Gasteiger charge is 2.40. The van der Waals surface area contributed by atoms with Crippen LogP contribution in [-0.2, 0) is 6.18 Å². The zero-order valence-electron chi connectivity index (χ0n) is 12.4. The first kappa shape index (κ1) is 15.0. The number of hydrogen-bond donors (Lipinski definition) is 2. The van der Waals surface area contributed by atoms with Crippen LogP contribution in [-0.4, -0.2) is 36.6 Å². The molecule has 2 heterocycles. The van der Waals surface area contributed by atoms with Gasteiger partial charge in [-0.15, -0.1) is 15.3 Å². The molecule has 0 bridgehead atoms. The number of hydrogen-bond acceptors (Lipinski definition) is 5. The number of aromatic nitrogens is 4. The van der Waals surface area contributed by atoms with Gasteiger partial charge in [0.1, 0.15) is 0 Å². The molecule has 2 aromatic heterocycles. The fraction of sp³-hybridized carbons (Fsp3) is 0.615. The monoisotopic (exact) mass is 315 g/mol. The average molecular weight is 315 g/mol. The second-order valence-corrected chi connectivity index (χ2v) is 6.10. The van der Waals surface area contributed by atoms with E-state index in [4.69, 9.17) is 0 Å². The van der Waals surface area contributed by atoms with Crippen LogP contribution in [0.2, 0.25) is 0 Å². The van der Waals surface area contributed by atoms with Crippen molar-refractivity contribution in [2.24, 2.45) is 0 Å². The summed E-state index contributed by atoms with van der Waals surface area (Å²) in [5.74, 6) is -0.787. The molecule has 22 heavy (non-hydrogen) atoms. The Morgan fingerprint density at radius 2 is 1.86 bits per heavy atom. The molecule has 1 aliphatic carbocycles. The lowest BCUT2D eigenvalue weighted by Crippen LogP contribution is -2.48. The van der Waals surface area contributed by atoms with Crippen molar-refractivity contribution in [1.29, 1.82) is 0 Å². The maximum absolute atomic E-state index is 12.9. The summed E-state index contributed by atoms with van der Waals surface area (Å²) in [6, 6.07) is -0.0103. The molecule has 0 unspecified atom stereocenters. The van der Waals surface area contributed by atoms with Gasteiger partial charge in [0, 0.05) is 11.6 Å². The van der Waals surface area contributed by atoms with E-state index < -0.39 is 17.6 Å². The van der Waals surface area contributed by atoms with Gasteiger partial charge in [-0.25, -0.2) is 0 Å². The van der Waals surface area contributed by atoms with E-state index >= 15 is 0 Å². The van der Waals surface area contributed by atoms with E-state index in [1.807, 2.05) is 0 Å². The van der Waals surface area contributed by atoms with Crippen LogP contribution in [0.3, 0.4) is 0 Å². The Kier molecular flexibility index (Phi) is 3.10. The Labute approximate surface area is 124 Å². The van der Waals surface area contributed by atoms with Crippen LogP contribution in [0.4, 0.5) is 19.0 Å². The summed E-state index contributed by atoms with van der Waals surface area (Å²) < 4.78 is 39.5. The second kappa shape index (κ2) is 4.55. The standard InChI is InChI=1S/C13H16F3N5O/c1-6-7(2)10-18-19-11(13(14,15)16)21(10)20-9(6)17-8-4-12(3,22)5-8/h8,22H,4-5H2,1-3H3,(H,17,20). The topological polar surface area (TPSA) is 75.3 Å². The largest absolute Gasteiger partial charge is 0.453 e. The third-order valence-electron chi connectivity index (χ3n) is 4.06. The lowest BCUT2D eigenvalue weighted by Gasteiger charge is -2.41. The van der Waals surface area contributed by atoms with Crippen molar-refractivity contribution in [2.75, 3.05) is 5.32 Å². The van der Waals surface area contributed by atoms with Crippen LogP contribution in [0, 0.1) is 13.8 Å². The molecule has 3 rings (SSSR count). The van der Waals surface area contributed by atoms with Crippen molar-refractivity contribution in [3.8, 4) is 0 Å². The van der Waals surface area contributed by atoms with Crippen molar-refractivity contribution in [1.82, 2.24) is 19.8 Å². The molecule has 0 amide bonds. The van der Waals surface area contributed by atoms with E-state index in [0.717, 1.165) is 10.1 Å². The summed E-state index contributed by atoms with van der Waals surface area (Å²) in [6.07, 6.45) is -3.56. The van der Waals surface area contributed by atoms with Crippen LogP contribution in [0.25, 0.3) is 5.65 Å². The summed E-state index contributed by atoms with van der Waals surface area (Å²) in [5, 5.41) is 23.6. The summed E-state index contributed by atoms with van der Waals surface area (Å²) in [4.78, 5) is 0. The molecule has 0 radical (unpaired) electrons. The third-order valence-corrected chi connectivity index (χ3v) is 4.06.